The minimum Gasteiger partial charge on any atom is -0.481 e. The van der Waals surface area contributed by atoms with E-state index in [0.29, 0.717) is 19.7 Å². The Morgan fingerprint density at radius 3 is 2.53 bits per heavy atom. The molecule has 1 fully saturated rings. The van der Waals surface area contributed by atoms with Crippen LogP contribution in [-0.2, 0) is 14.3 Å². The Labute approximate surface area is 101 Å². The molecule has 3 N–H and O–H groups in total. The maximum atomic E-state index is 11.8. The van der Waals surface area contributed by atoms with Gasteiger partial charge in [0.05, 0.1) is 18.6 Å². The van der Waals surface area contributed by atoms with E-state index >= 15 is 0 Å². The number of amides is 1. The van der Waals surface area contributed by atoms with Crippen molar-refractivity contribution >= 4 is 11.9 Å². The lowest BCUT2D eigenvalue weighted by Crippen LogP contribution is -2.48. The summed E-state index contributed by atoms with van der Waals surface area (Å²) >= 11 is 0. The van der Waals surface area contributed by atoms with Crippen molar-refractivity contribution in [3.05, 3.63) is 0 Å². The van der Waals surface area contributed by atoms with Crippen molar-refractivity contribution in [3.63, 3.8) is 0 Å². The molecule has 98 valence electrons. The van der Waals surface area contributed by atoms with Gasteiger partial charge in [-0.25, -0.2) is 0 Å². The van der Waals surface area contributed by atoms with Crippen LogP contribution in [0.25, 0.3) is 0 Å². The van der Waals surface area contributed by atoms with Crippen LogP contribution in [0.4, 0.5) is 0 Å². The minimum absolute atomic E-state index is 0.208. The summed E-state index contributed by atoms with van der Waals surface area (Å²) in [6, 6.07) is -0.934. The number of carboxylic acids is 1. The zero-order valence-electron chi connectivity index (χ0n) is 10.1. The van der Waals surface area contributed by atoms with Crippen LogP contribution in [0.1, 0.15) is 26.2 Å². The first-order valence-electron chi connectivity index (χ1n) is 5.92. The molecule has 1 aliphatic rings. The Morgan fingerprint density at radius 1 is 1.47 bits per heavy atom. The Hall–Kier alpha value is -1.14. The van der Waals surface area contributed by atoms with Crippen molar-refractivity contribution in [2.45, 2.75) is 38.3 Å². The second-order valence-corrected chi connectivity index (χ2v) is 4.18. The molecule has 1 aliphatic heterocycles. The average molecular weight is 244 g/mol. The lowest BCUT2D eigenvalue weighted by molar-refractivity contribution is -0.143. The number of nitrogens with two attached hydrogens (primary N) is 1. The molecule has 0 radical (unpaired) electrons. The molecular weight excluding hydrogens is 224 g/mol. The van der Waals surface area contributed by atoms with Gasteiger partial charge in [0.15, 0.2) is 0 Å². The van der Waals surface area contributed by atoms with Crippen molar-refractivity contribution in [2.75, 3.05) is 19.7 Å². The molecule has 0 saturated carbocycles. The molecule has 0 aromatic carbocycles. The van der Waals surface area contributed by atoms with E-state index in [1.165, 1.54) is 0 Å². The third-order valence-corrected chi connectivity index (χ3v) is 2.87. The zero-order chi connectivity index (χ0) is 12.8. The third kappa shape index (κ3) is 4.32. The highest BCUT2D eigenvalue weighted by atomic mass is 16.5. The number of rotatable bonds is 5. The molecule has 0 aliphatic carbocycles. The molecule has 0 bridgehead atoms. The van der Waals surface area contributed by atoms with E-state index in [0.717, 1.165) is 12.8 Å². The molecule has 6 heteroatoms. The fourth-order valence-corrected chi connectivity index (χ4v) is 1.99. The number of ether oxygens (including phenoxy) is 1. The highest BCUT2D eigenvalue weighted by Gasteiger charge is 2.27. The van der Waals surface area contributed by atoms with Crippen molar-refractivity contribution < 1.29 is 19.4 Å². The fourth-order valence-electron chi connectivity index (χ4n) is 1.99. The number of nitrogens with zero attached hydrogens (tertiary/aromatic N) is 1. The molecule has 1 rings (SSSR count). The minimum atomic E-state index is -1.05. The number of aliphatic carboxylic acids is 1. The van der Waals surface area contributed by atoms with Gasteiger partial charge in [-0.15, -0.1) is 0 Å². The van der Waals surface area contributed by atoms with E-state index in [-0.39, 0.29) is 18.4 Å². The third-order valence-electron chi connectivity index (χ3n) is 2.87. The topological polar surface area (TPSA) is 92.9 Å². The highest BCUT2D eigenvalue weighted by molar-refractivity contribution is 5.86. The second-order valence-electron chi connectivity index (χ2n) is 4.18. The van der Waals surface area contributed by atoms with Crippen molar-refractivity contribution in [1.82, 2.24) is 4.90 Å². The molecule has 17 heavy (non-hydrogen) atoms. The van der Waals surface area contributed by atoms with Gasteiger partial charge in [0.1, 0.15) is 0 Å². The Balaban J connectivity index is 2.37. The van der Waals surface area contributed by atoms with Gasteiger partial charge in [-0.2, -0.15) is 0 Å². The fraction of sp³-hybridized carbons (Fsp3) is 0.818. The number of carbonyl (C=O) groups is 2. The summed E-state index contributed by atoms with van der Waals surface area (Å²) in [6.45, 7) is 3.81. The van der Waals surface area contributed by atoms with Crippen LogP contribution in [-0.4, -0.2) is 53.7 Å². The van der Waals surface area contributed by atoms with Gasteiger partial charge in [-0.3, -0.25) is 9.59 Å². The number of carbonyl (C=O) groups excluding carboxylic acids is 1. The molecular formula is C11H20N2O4. The first-order chi connectivity index (χ1) is 8.04. The maximum absolute atomic E-state index is 11.8. The molecule has 1 heterocycles. The van der Waals surface area contributed by atoms with Crippen LogP contribution in [0.3, 0.4) is 0 Å². The van der Waals surface area contributed by atoms with Crippen molar-refractivity contribution in [3.8, 4) is 0 Å². The molecule has 6 nitrogen and oxygen atoms in total. The number of likely N-dealkylation sites (tertiary alicyclic amines) is 1. The summed E-state index contributed by atoms with van der Waals surface area (Å²) in [5.41, 5.74) is 5.54. The lowest BCUT2D eigenvalue weighted by atomic mass is 10.1. The van der Waals surface area contributed by atoms with Gasteiger partial charge in [-0.05, 0) is 19.8 Å². The molecule has 0 aromatic rings. The number of hydrogen-bond donors (Lipinski definition) is 2. The number of carboxylic acid groups (broad SMARTS) is 1. The highest BCUT2D eigenvalue weighted by Crippen LogP contribution is 2.14. The van der Waals surface area contributed by atoms with E-state index in [1.807, 2.05) is 6.92 Å². The number of hydrogen-bond acceptors (Lipinski definition) is 4. The second kappa shape index (κ2) is 6.56. The summed E-state index contributed by atoms with van der Waals surface area (Å²) in [5, 5.41) is 8.57. The summed E-state index contributed by atoms with van der Waals surface area (Å²) < 4.78 is 5.47. The van der Waals surface area contributed by atoms with Gasteiger partial charge in [0.2, 0.25) is 5.91 Å². The predicted molar refractivity (Wildman–Crippen MR) is 61.5 cm³/mol. The smallest absolute Gasteiger partial charge is 0.305 e. The zero-order valence-corrected chi connectivity index (χ0v) is 10.1. The van der Waals surface area contributed by atoms with E-state index in [9.17, 15) is 9.59 Å². The van der Waals surface area contributed by atoms with E-state index < -0.39 is 12.0 Å². The van der Waals surface area contributed by atoms with Crippen LogP contribution in [0, 0.1) is 0 Å². The molecule has 0 aromatic heterocycles. The Bertz CT molecular complexity index is 275. The predicted octanol–water partition coefficient (Wildman–Crippen LogP) is -0.184. The van der Waals surface area contributed by atoms with Gasteiger partial charge in [0, 0.05) is 19.7 Å². The summed E-state index contributed by atoms with van der Waals surface area (Å²) in [4.78, 5) is 23.9. The first kappa shape index (κ1) is 13.9. The molecule has 1 saturated heterocycles. The largest absolute Gasteiger partial charge is 0.481 e. The van der Waals surface area contributed by atoms with Crippen molar-refractivity contribution in [2.24, 2.45) is 5.73 Å². The van der Waals surface area contributed by atoms with Crippen molar-refractivity contribution in [1.29, 1.82) is 0 Å². The Morgan fingerprint density at radius 2 is 2.06 bits per heavy atom. The van der Waals surface area contributed by atoms with Gasteiger partial charge < -0.3 is 20.5 Å². The summed E-state index contributed by atoms with van der Waals surface area (Å²) in [5.74, 6) is -1.32. The lowest BCUT2D eigenvalue weighted by Gasteiger charge is -2.33. The monoisotopic (exact) mass is 244 g/mol. The summed E-state index contributed by atoms with van der Waals surface area (Å²) in [7, 11) is 0. The summed E-state index contributed by atoms with van der Waals surface area (Å²) in [6.07, 6.45) is 1.47. The van der Waals surface area contributed by atoms with E-state index in [1.54, 1.807) is 4.90 Å². The van der Waals surface area contributed by atoms with Gasteiger partial charge >= 0.3 is 5.97 Å². The standard InChI is InChI=1S/C11H20N2O4/c1-2-17-8-3-5-13(6-4-8)11(16)9(12)7-10(14)15/h8-9H,2-7,12H2,1H3,(H,14,15). The van der Waals surface area contributed by atoms with E-state index in [4.69, 9.17) is 15.6 Å². The first-order valence-corrected chi connectivity index (χ1v) is 5.92. The number of piperidine rings is 1. The van der Waals surface area contributed by atoms with E-state index in [2.05, 4.69) is 0 Å². The van der Waals surface area contributed by atoms with Crippen LogP contribution < -0.4 is 5.73 Å². The average Bonchev–Trinajstić information content (AvgIpc) is 2.28. The maximum Gasteiger partial charge on any atom is 0.305 e. The van der Waals surface area contributed by atoms with Gasteiger partial charge in [-0.1, -0.05) is 0 Å². The molecule has 1 amide bonds. The SMILES string of the molecule is CCOC1CCN(C(=O)C(N)CC(=O)O)CC1. The van der Waals surface area contributed by atoms with Gasteiger partial charge in [0.25, 0.3) is 0 Å². The van der Waals surface area contributed by atoms with Crippen LogP contribution in [0.2, 0.25) is 0 Å². The van der Waals surface area contributed by atoms with Crippen LogP contribution >= 0.6 is 0 Å². The van der Waals surface area contributed by atoms with Crippen LogP contribution in [0.5, 0.6) is 0 Å². The molecule has 0 spiro atoms. The Kier molecular flexibility index (Phi) is 5.37. The normalized spacial score (nSPS) is 19.1. The molecule has 1 unspecified atom stereocenters. The van der Waals surface area contributed by atoms with Crippen LogP contribution in [0.15, 0.2) is 0 Å². The quantitative estimate of drug-likeness (QED) is 0.699. The molecule has 1 atom stereocenters.